The van der Waals surface area contributed by atoms with Crippen LogP contribution in [0.1, 0.15) is 44.4 Å². The quantitative estimate of drug-likeness (QED) is 0.807. The molecule has 0 radical (unpaired) electrons. The highest BCUT2D eigenvalue weighted by atomic mass is 35.5. The molecular weight excluding hydrogens is 246 g/mol. The van der Waals surface area contributed by atoms with Crippen molar-refractivity contribution in [2.24, 2.45) is 5.41 Å². The molecule has 0 aromatic heterocycles. The van der Waals surface area contributed by atoms with Gasteiger partial charge in [-0.25, -0.2) is 0 Å². The predicted octanol–water partition coefficient (Wildman–Crippen LogP) is 3.83. The molecule has 1 N–H and O–H groups in total. The van der Waals surface area contributed by atoms with Crippen LogP contribution in [0.15, 0.2) is 24.3 Å². The molecule has 3 heteroatoms. The normalized spacial score (nSPS) is 13.2. The van der Waals surface area contributed by atoms with Crippen LogP contribution >= 0.6 is 11.6 Å². The summed E-state index contributed by atoms with van der Waals surface area (Å²) in [7, 11) is 0. The summed E-state index contributed by atoms with van der Waals surface area (Å²) < 4.78 is 0. The minimum absolute atomic E-state index is 0.00456. The Hall–Kier alpha value is -1.02. The predicted molar refractivity (Wildman–Crippen MR) is 76.9 cm³/mol. The molecular formula is C15H22ClNO. The number of halogens is 1. The molecule has 0 heterocycles. The van der Waals surface area contributed by atoms with Crippen molar-refractivity contribution < 1.29 is 4.79 Å². The largest absolute Gasteiger partial charge is 0.349 e. The summed E-state index contributed by atoms with van der Waals surface area (Å²) in [5.74, 6) is 0.327. The van der Waals surface area contributed by atoms with E-state index >= 15 is 0 Å². The number of carbonyl (C=O) groups is 1. The van der Waals surface area contributed by atoms with Crippen molar-refractivity contribution in [3.05, 3.63) is 35.4 Å². The smallest absolute Gasteiger partial charge is 0.227 e. The van der Waals surface area contributed by atoms with E-state index in [-0.39, 0.29) is 11.9 Å². The lowest BCUT2D eigenvalue weighted by Crippen LogP contribution is -2.40. The van der Waals surface area contributed by atoms with E-state index in [1.807, 2.05) is 13.8 Å². The van der Waals surface area contributed by atoms with Gasteiger partial charge in [0.05, 0.1) is 11.5 Å². The first-order chi connectivity index (χ1) is 8.40. The summed E-state index contributed by atoms with van der Waals surface area (Å²) in [5.41, 5.74) is 1.84. The third-order valence-corrected chi connectivity index (χ3v) is 3.81. The molecule has 0 aliphatic rings. The van der Waals surface area contributed by atoms with Crippen LogP contribution in [-0.4, -0.2) is 11.8 Å². The van der Waals surface area contributed by atoms with Gasteiger partial charge in [-0.3, -0.25) is 4.79 Å². The molecule has 1 rings (SSSR count). The summed E-state index contributed by atoms with van der Waals surface area (Å²) in [6.07, 6.45) is 0.868. The van der Waals surface area contributed by atoms with Crippen LogP contribution in [0, 0.1) is 12.3 Å². The molecule has 0 bridgehead atoms. The van der Waals surface area contributed by atoms with Crippen molar-refractivity contribution in [1.82, 2.24) is 5.32 Å². The van der Waals surface area contributed by atoms with Crippen molar-refractivity contribution in [3.8, 4) is 0 Å². The van der Waals surface area contributed by atoms with Crippen molar-refractivity contribution in [2.75, 3.05) is 5.88 Å². The van der Waals surface area contributed by atoms with E-state index in [4.69, 9.17) is 11.6 Å². The van der Waals surface area contributed by atoms with E-state index in [9.17, 15) is 4.79 Å². The summed E-state index contributed by atoms with van der Waals surface area (Å²) in [5, 5.41) is 3.07. The Balaban J connectivity index is 2.80. The fraction of sp³-hybridized carbons (Fsp3) is 0.533. The standard InChI is InChI=1S/C15H22ClNO/c1-5-13(12-8-6-11(2)7-9-12)17-14(18)15(3,4)10-16/h6-9,13H,5,10H2,1-4H3,(H,17,18). The Kier molecular flexibility index (Phi) is 5.21. The maximum absolute atomic E-state index is 12.1. The van der Waals surface area contributed by atoms with Gasteiger partial charge in [0.1, 0.15) is 0 Å². The minimum Gasteiger partial charge on any atom is -0.349 e. The second-order valence-corrected chi connectivity index (χ2v) is 5.63. The summed E-state index contributed by atoms with van der Waals surface area (Å²) >= 11 is 5.82. The molecule has 0 saturated carbocycles. The highest BCUT2D eigenvalue weighted by molar-refractivity contribution is 6.19. The summed E-state index contributed by atoms with van der Waals surface area (Å²) in [6, 6.07) is 8.32. The SMILES string of the molecule is CCC(NC(=O)C(C)(C)CCl)c1ccc(C)cc1. The van der Waals surface area contributed by atoms with Gasteiger partial charge in [-0.2, -0.15) is 0 Å². The third-order valence-electron chi connectivity index (χ3n) is 3.14. The molecule has 1 amide bonds. The second kappa shape index (κ2) is 6.24. The average molecular weight is 268 g/mol. The van der Waals surface area contributed by atoms with Crippen LogP contribution < -0.4 is 5.32 Å². The molecule has 2 nitrogen and oxygen atoms in total. The lowest BCUT2D eigenvalue weighted by atomic mass is 9.93. The monoisotopic (exact) mass is 267 g/mol. The van der Waals surface area contributed by atoms with Gasteiger partial charge < -0.3 is 5.32 Å². The molecule has 18 heavy (non-hydrogen) atoms. The lowest BCUT2D eigenvalue weighted by molar-refractivity contribution is -0.129. The molecule has 0 saturated heterocycles. The number of hydrogen-bond donors (Lipinski definition) is 1. The van der Waals surface area contributed by atoms with E-state index in [0.717, 1.165) is 12.0 Å². The van der Waals surface area contributed by atoms with Gasteiger partial charge >= 0.3 is 0 Å². The molecule has 0 fully saturated rings. The second-order valence-electron chi connectivity index (χ2n) is 5.36. The Morgan fingerprint density at radius 1 is 1.33 bits per heavy atom. The molecule has 0 aliphatic carbocycles. The van der Waals surface area contributed by atoms with Gasteiger partial charge in [0.2, 0.25) is 5.91 Å². The molecule has 1 atom stereocenters. The first kappa shape index (κ1) is 15.0. The van der Waals surface area contributed by atoms with E-state index < -0.39 is 5.41 Å². The zero-order chi connectivity index (χ0) is 13.8. The Bertz CT molecular complexity index is 397. The van der Waals surface area contributed by atoms with Gasteiger partial charge in [0.25, 0.3) is 0 Å². The van der Waals surface area contributed by atoms with Gasteiger partial charge in [-0.15, -0.1) is 11.6 Å². The molecule has 0 spiro atoms. The number of hydrogen-bond acceptors (Lipinski definition) is 1. The topological polar surface area (TPSA) is 29.1 Å². The molecule has 1 unspecified atom stereocenters. The number of benzene rings is 1. The number of carbonyl (C=O) groups excluding carboxylic acids is 1. The number of amides is 1. The Morgan fingerprint density at radius 2 is 1.89 bits per heavy atom. The fourth-order valence-corrected chi connectivity index (χ4v) is 1.76. The molecule has 1 aromatic rings. The highest BCUT2D eigenvalue weighted by Gasteiger charge is 2.28. The Morgan fingerprint density at radius 3 is 2.33 bits per heavy atom. The average Bonchev–Trinajstić information content (AvgIpc) is 2.36. The number of rotatable bonds is 5. The number of aryl methyl sites for hydroxylation is 1. The highest BCUT2D eigenvalue weighted by Crippen LogP contribution is 2.22. The lowest BCUT2D eigenvalue weighted by Gasteiger charge is -2.25. The first-order valence-corrected chi connectivity index (χ1v) is 6.87. The van der Waals surface area contributed by atoms with Gasteiger partial charge in [0.15, 0.2) is 0 Å². The van der Waals surface area contributed by atoms with E-state index in [2.05, 4.69) is 43.4 Å². The number of nitrogens with one attached hydrogen (secondary N) is 1. The van der Waals surface area contributed by atoms with Gasteiger partial charge in [-0.05, 0) is 32.8 Å². The van der Waals surface area contributed by atoms with Crippen LogP contribution in [0.2, 0.25) is 0 Å². The van der Waals surface area contributed by atoms with E-state index in [1.165, 1.54) is 5.56 Å². The first-order valence-electron chi connectivity index (χ1n) is 6.34. The maximum atomic E-state index is 12.1. The van der Waals surface area contributed by atoms with Crippen molar-refractivity contribution in [1.29, 1.82) is 0 Å². The van der Waals surface area contributed by atoms with Gasteiger partial charge in [-0.1, -0.05) is 36.8 Å². The van der Waals surface area contributed by atoms with E-state index in [1.54, 1.807) is 0 Å². The Labute approximate surface area is 115 Å². The maximum Gasteiger partial charge on any atom is 0.227 e. The van der Waals surface area contributed by atoms with Gasteiger partial charge in [0, 0.05) is 5.88 Å². The zero-order valence-electron chi connectivity index (χ0n) is 11.6. The fourth-order valence-electron chi connectivity index (χ4n) is 1.63. The van der Waals surface area contributed by atoms with Crippen molar-refractivity contribution in [2.45, 2.75) is 40.2 Å². The van der Waals surface area contributed by atoms with Crippen molar-refractivity contribution >= 4 is 17.5 Å². The van der Waals surface area contributed by atoms with Crippen LogP contribution in [0.25, 0.3) is 0 Å². The van der Waals surface area contributed by atoms with Crippen LogP contribution in [0.5, 0.6) is 0 Å². The summed E-state index contributed by atoms with van der Waals surface area (Å²) in [6.45, 7) is 7.84. The van der Waals surface area contributed by atoms with Crippen LogP contribution in [-0.2, 0) is 4.79 Å². The molecule has 100 valence electrons. The molecule has 0 aliphatic heterocycles. The summed E-state index contributed by atoms with van der Waals surface area (Å²) in [4.78, 5) is 12.1. The van der Waals surface area contributed by atoms with Crippen molar-refractivity contribution in [3.63, 3.8) is 0 Å². The minimum atomic E-state index is -0.528. The van der Waals surface area contributed by atoms with Crippen LogP contribution in [0.4, 0.5) is 0 Å². The molecule has 1 aromatic carbocycles. The van der Waals surface area contributed by atoms with Crippen LogP contribution in [0.3, 0.4) is 0 Å². The zero-order valence-corrected chi connectivity index (χ0v) is 12.3. The third kappa shape index (κ3) is 3.74. The number of alkyl halides is 1. The van der Waals surface area contributed by atoms with E-state index in [0.29, 0.717) is 5.88 Å².